The van der Waals surface area contributed by atoms with E-state index in [0.29, 0.717) is 23.5 Å². The molecule has 1 aromatic rings. The molecule has 0 amide bonds. The summed E-state index contributed by atoms with van der Waals surface area (Å²) in [7, 11) is 0. The van der Waals surface area contributed by atoms with Gasteiger partial charge in [-0.3, -0.25) is 4.98 Å². The van der Waals surface area contributed by atoms with Gasteiger partial charge in [-0.2, -0.15) is 0 Å². The fourth-order valence-corrected chi connectivity index (χ4v) is 3.12. The highest BCUT2D eigenvalue weighted by molar-refractivity contribution is 5.87. The first-order chi connectivity index (χ1) is 10.1. The maximum atomic E-state index is 11.0. The SMILES string of the molecule is CC(C)C[C@H](CCc1cc(C(=O)O)ccn1)C1CCCO1. The van der Waals surface area contributed by atoms with Gasteiger partial charge in [0, 0.05) is 18.5 Å². The molecule has 1 saturated heterocycles. The van der Waals surface area contributed by atoms with Crippen molar-refractivity contribution in [2.75, 3.05) is 6.61 Å². The molecule has 1 fully saturated rings. The second-order valence-electron chi connectivity index (χ2n) is 6.32. The van der Waals surface area contributed by atoms with Crippen LogP contribution in [0.2, 0.25) is 0 Å². The molecule has 0 radical (unpaired) electrons. The Bertz CT molecular complexity index is 467. The Kier molecular flexibility index (Phi) is 5.74. The number of carbonyl (C=O) groups is 1. The van der Waals surface area contributed by atoms with Crippen molar-refractivity contribution in [2.24, 2.45) is 11.8 Å². The van der Waals surface area contributed by atoms with Crippen LogP contribution in [0.3, 0.4) is 0 Å². The second kappa shape index (κ2) is 7.55. The third-order valence-electron chi connectivity index (χ3n) is 4.10. The van der Waals surface area contributed by atoms with E-state index in [1.807, 2.05) is 0 Å². The van der Waals surface area contributed by atoms with Gasteiger partial charge in [-0.25, -0.2) is 4.79 Å². The molecule has 0 spiro atoms. The number of carboxylic acid groups (broad SMARTS) is 1. The maximum absolute atomic E-state index is 11.0. The molecule has 2 atom stereocenters. The molecular formula is C17H25NO3. The van der Waals surface area contributed by atoms with Gasteiger partial charge >= 0.3 is 5.97 Å². The molecule has 0 aromatic carbocycles. The fourth-order valence-electron chi connectivity index (χ4n) is 3.12. The molecule has 1 aliphatic heterocycles. The lowest BCUT2D eigenvalue weighted by Crippen LogP contribution is -2.22. The molecule has 1 aliphatic rings. The van der Waals surface area contributed by atoms with Crippen molar-refractivity contribution in [3.63, 3.8) is 0 Å². The van der Waals surface area contributed by atoms with Crippen LogP contribution < -0.4 is 0 Å². The van der Waals surface area contributed by atoms with Crippen molar-refractivity contribution in [2.45, 2.75) is 52.1 Å². The average Bonchev–Trinajstić information content (AvgIpc) is 2.97. The van der Waals surface area contributed by atoms with Gasteiger partial charge in [0.1, 0.15) is 0 Å². The van der Waals surface area contributed by atoms with Gasteiger partial charge in [0.25, 0.3) is 0 Å². The lowest BCUT2D eigenvalue weighted by Gasteiger charge is -2.24. The van der Waals surface area contributed by atoms with E-state index < -0.39 is 5.97 Å². The maximum Gasteiger partial charge on any atom is 0.335 e. The highest BCUT2D eigenvalue weighted by Crippen LogP contribution is 2.29. The molecule has 0 bridgehead atoms. The zero-order chi connectivity index (χ0) is 15.2. The molecule has 2 rings (SSSR count). The summed E-state index contributed by atoms with van der Waals surface area (Å²) in [6.07, 6.45) is 7.25. The summed E-state index contributed by atoms with van der Waals surface area (Å²) in [6, 6.07) is 3.22. The smallest absolute Gasteiger partial charge is 0.335 e. The zero-order valence-electron chi connectivity index (χ0n) is 12.9. The Morgan fingerprint density at radius 1 is 1.52 bits per heavy atom. The predicted octanol–water partition coefficient (Wildman–Crippen LogP) is 3.55. The molecule has 4 nitrogen and oxygen atoms in total. The van der Waals surface area contributed by atoms with Gasteiger partial charge in [-0.15, -0.1) is 0 Å². The van der Waals surface area contributed by atoms with Gasteiger partial charge in [0.15, 0.2) is 0 Å². The molecular weight excluding hydrogens is 266 g/mol. The number of carboxylic acids is 1. The first-order valence-corrected chi connectivity index (χ1v) is 7.86. The van der Waals surface area contributed by atoms with Crippen molar-refractivity contribution in [3.8, 4) is 0 Å². The van der Waals surface area contributed by atoms with E-state index in [0.717, 1.165) is 44.4 Å². The van der Waals surface area contributed by atoms with E-state index in [1.165, 1.54) is 6.07 Å². The van der Waals surface area contributed by atoms with Gasteiger partial charge < -0.3 is 9.84 Å². The number of aromatic carboxylic acids is 1. The number of nitrogens with zero attached hydrogens (tertiary/aromatic N) is 1. The van der Waals surface area contributed by atoms with E-state index >= 15 is 0 Å². The monoisotopic (exact) mass is 291 g/mol. The number of ether oxygens (including phenoxy) is 1. The summed E-state index contributed by atoms with van der Waals surface area (Å²) in [5.41, 5.74) is 1.18. The van der Waals surface area contributed by atoms with Crippen LogP contribution in [0.1, 0.15) is 55.6 Å². The number of hydrogen-bond donors (Lipinski definition) is 1. The first kappa shape index (κ1) is 16.0. The van der Waals surface area contributed by atoms with Crippen molar-refractivity contribution in [1.82, 2.24) is 4.98 Å². The average molecular weight is 291 g/mol. The lowest BCUT2D eigenvalue weighted by molar-refractivity contribution is 0.0509. The Morgan fingerprint density at radius 2 is 2.33 bits per heavy atom. The summed E-state index contributed by atoms with van der Waals surface area (Å²) in [4.78, 5) is 15.3. The number of aryl methyl sites for hydroxylation is 1. The quantitative estimate of drug-likeness (QED) is 0.834. The largest absolute Gasteiger partial charge is 0.478 e. The van der Waals surface area contributed by atoms with E-state index in [4.69, 9.17) is 9.84 Å². The minimum Gasteiger partial charge on any atom is -0.478 e. The fraction of sp³-hybridized carbons (Fsp3) is 0.647. The zero-order valence-corrected chi connectivity index (χ0v) is 12.9. The molecule has 0 saturated carbocycles. The summed E-state index contributed by atoms with van der Waals surface area (Å²) < 4.78 is 5.85. The molecule has 21 heavy (non-hydrogen) atoms. The van der Waals surface area contributed by atoms with Crippen molar-refractivity contribution in [3.05, 3.63) is 29.6 Å². The summed E-state index contributed by atoms with van der Waals surface area (Å²) in [5, 5.41) is 9.03. The molecule has 4 heteroatoms. The number of rotatable bonds is 7. The van der Waals surface area contributed by atoms with Crippen LogP contribution >= 0.6 is 0 Å². The van der Waals surface area contributed by atoms with Crippen LogP contribution in [0.15, 0.2) is 18.3 Å². The third-order valence-corrected chi connectivity index (χ3v) is 4.10. The van der Waals surface area contributed by atoms with Crippen LogP contribution in [0, 0.1) is 11.8 Å². The Hall–Kier alpha value is -1.42. The van der Waals surface area contributed by atoms with Crippen molar-refractivity contribution >= 4 is 5.97 Å². The predicted molar refractivity (Wildman–Crippen MR) is 81.4 cm³/mol. The Labute approximate surface area is 126 Å². The standard InChI is InChI=1S/C17H25NO3/c1-12(2)10-13(16-4-3-9-21-16)5-6-15-11-14(17(19)20)7-8-18-15/h7-8,11-13,16H,3-6,9-10H2,1-2H3,(H,19,20)/t13-,16?/m0/s1. The minimum absolute atomic E-state index is 0.317. The highest BCUT2D eigenvalue weighted by atomic mass is 16.5. The van der Waals surface area contributed by atoms with E-state index in [9.17, 15) is 4.79 Å². The van der Waals surface area contributed by atoms with E-state index in [-0.39, 0.29) is 0 Å². The van der Waals surface area contributed by atoms with Crippen LogP contribution in [0.5, 0.6) is 0 Å². The summed E-state index contributed by atoms with van der Waals surface area (Å²) in [5.74, 6) is 0.303. The van der Waals surface area contributed by atoms with Crippen LogP contribution in [-0.4, -0.2) is 28.8 Å². The lowest BCUT2D eigenvalue weighted by atomic mass is 9.86. The number of aromatic nitrogens is 1. The van der Waals surface area contributed by atoms with Gasteiger partial charge in [-0.05, 0) is 56.1 Å². The van der Waals surface area contributed by atoms with Crippen molar-refractivity contribution < 1.29 is 14.6 Å². The number of pyridine rings is 1. The van der Waals surface area contributed by atoms with Gasteiger partial charge in [-0.1, -0.05) is 13.8 Å². The van der Waals surface area contributed by atoms with Gasteiger partial charge in [0.05, 0.1) is 11.7 Å². The molecule has 1 N–H and O–H groups in total. The van der Waals surface area contributed by atoms with E-state index in [2.05, 4.69) is 18.8 Å². The molecule has 1 aromatic heterocycles. The van der Waals surface area contributed by atoms with Crippen molar-refractivity contribution in [1.29, 1.82) is 0 Å². The topological polar surface area (TPSA) is 59.4 Å². The summed E-state index contributed by atoms with van der Waals surface area (Å²) in [6.45, 7) is 5.36. The van der Waals surface area contributed by atoms with Gasteiger partial charge in [0.2, 0.25) is 0 Å². The van der Waals surface area contributed by atoms with Crippen LogP contribution in [0.25, 0.3) is 0 Å². The second-order valence-corrected chi connectivity index (χ2v) is 6.32. The molecule has 1 unspecified atom stereocenters. The third kappa shape index (κ3) is 4.81. The molecule has 0 aliphatic carbocycles. The first-order valence-electron chi connectivity index (χ1n) is 7.86. The normalized spacial score (nSPS) is 19.9. The number of hydrogen-bond acceptors (Lipinski definition) is 3. The molecule has 116 valence electrons. The Balaban J connectivity index is 1.97. The van der Waals surface area contributed by atoms with E-state index in [1.54, 1.807) is 12.3 Å². The Morgan fingerprint density at radius 3 is 2.95 bits per heavy atom. The van der Waals surface area contributed by atoms with Crippen LogP contribution in [-0.2, 0) is 11.2 Å². The van der Waals surface area contributed by atoms with Crippen LogP contribution in [0.4, 0.5) is 0 Å². The molecule has 2 heterocycles. The highest BCUT2D eigenvalue weighted by Gasteiger charge is 2.26. The summed E-state index contributed by atoms with van der Waals surface area (Å²) >= 11 is 0. The minimum atomic E-state index is -0.892.